The maximum Gasteiger partial charge on any atom is 0.401 e. The second-order valence-corrected chi connectivity index (χ2v) is 3.58. The standard InChI is InChI=1S/C8H15F3N2S/c1-2-13(6-8(9,10)11)5-3-4-7(12)14/h2-6H2,1H3,(H2,12,14). The minimum Gasteiger partial charge on any atom is -0.393 e. The Kier molecular flexibility index (Phi) is 6.03. The van der Waals surface area contributed by atoms with Crippen LogP contribution in [0, 0.1) is 0 Å². The van der Waals surface area contributed by atoms with Gasteiger partial charge in [-0.05, 0) is 25.9 Å². The van der Waals surface area contributed by atoms with Crippen molar-refractivity contribution in [2.45, 2.75) is 25.9 Å². The van der Waals surface area contributed by atoms with Crippen molar-refractivity contribution in [2.24, 2.45) is 5.73 Å². The Bertz CT molecular complexity index is 182. The number of nitrogens with zero attached hydrogens (tertiary/aromatic N) is 1. The number of alkyl halides is 3. The first-order chi connectivity index (χ1) is 6.35. The fourth-order valence-corrected chi connectivity index (χ4v) is 1.22. The molecule has 0 spiro atoms. The maximum atomic E-state index is 12.0. The van der Waals surface area contributed by atoms with Crippen molar-refractivity contribution in [2.75, 3.05) is 19.6 Å². The van der Waals surface area contributed by atoms with Crippen molar-refractivity contribution in [3.05, 3.63) is 0 Å². The van der Waals surface area contributed by atoms with E-state index in [4.69, 9.17) is 5.73 Å². The van der Waals surface area contributed by atoms with Gasteiger partial charge < -0.3 is 5.73 Å². The van der Waals surface area contributed by atoms with E-state index in [0.717, 1.165) is 0 Å². The van der Waals surface area contributed by atoms with Gasteiger partial charge in [0.05, 0.1) is 11.5 Å². The van der Waals surface area contributed by atoms with Crippen LogP contribution in [0.3, 0.4) is 0 Å². The SMILES string of the molecule is CCN(CCCC(N)=S)CC(F)(F)F. The van der Waals surface area contributed by atoms with E-state index < -0.39 is 12.7 Å². The van der Waals surface area contributed by atoms with Gasteiger partial charge in [0.15, 0.2) is 0 Å². The second-order valence-electron chi connectivity index (χ2n) is 3.05. The van der Waals surface area contributed by atoms with Crippen LogP contribution < -0.4 is 5.73 Å². The van der Waals surface area contributed by atoms with Crippen molar-refractivity contribution in [3.63, 3.8) is 0 Å². The van der Waals surface area contributed by atoms with Crippen LogP contribution in [0.5, 0.6) is 0 Å². The average Bonchev–Trinajstić information content (AvgIpc) is 1.99. The topological polar surface area (TPSA) is 29.3 Å². The molecular formula is C8H15F3N2S. The van der Waals surface area contributed by atoms with E-state index in [9.17, 15) is 13.2 Å². The largest absolute Gasteiger partial charge is 0.401 e. The minimum atomic E-state index is -4.13. The van der Waals surface area contributed by atoms with Gasteiger partial charge in [-0.15, -0.1) is 0 Å². The Morgan fingerprint density at radius 3 is 2.36 bits per heavy atom. The molecule has 0 atom stereocenters. The first-order valence-corrected chi connectivity index (χ1v) is 4.83. The molecule has 0 saturated carbocycles. The Morgan fingerprint density at radius 1 is 1.43 bits per heavy atom. The van der Waals surface area contributed by atoms with Crippen LogP contribution >= 0.6 is 12.2 Å². The fraction of sp³-hybridized carbons (Fsp3) is 0.875. The zero-order valence-corrected chi connectivity index (χ0v) is 8.92. The molecule has 0 unspecified atom stereocenters. The van der Waals surface area contributed by atoms with E-state index in [0.29, 0.717) is 30.9 Å². The summed E-state index contributed by atoms with van der Waals surface area (Å²) in [5, 5.41) is 0. The zero-order valence-electron chi connectivity index (χ0n) is 8.10. The molecule has 0 radical (unpaired) electrons. The molecule has 0 aliphatic carbocycles. The zero-order chi connectivity index (χ0) is 11.2. The predicted molar refractivity (Wildman–Crippen MR) is 54.2 cm³/mol. The molecule has 2 N–H and O–H groups in total. The van der Waals surface area contributed by atoms with Crippen LogP contribution in [0.4, 0.5) is 13.2 Å². The molecule has 0 rings (SSSR count). The van der Waals surface area contributed by atoms with Gasteiger partial charge >= 0.3 is 6.18 Å². The Balaban J connectivity index is 3.74. The number of rotatable bonds is 6. The van der Waals surface area contributed by atoms with Crippen LogP contribution in [0.25, 0.3) is 0 Å². The van der Waals surface area contributed by atoms with Crippen molar-refractivity contribution in [1.82, 2.24) is 4.90 Å². The molecule has 0 amide bonds. The summed E-state index contributed by atoms with van der Waals surface area (Å²) in [7, 11) is 0. The smallest absolute Gasteiger partial charge is 0.393 e. The first-order valence-electron chi connectivity index (χ1n) is 4.42. The summed E-state index contributed by atoms with van der Waals surface area (Å²) in [5.41, 5.74) is 5.24. The summed E-state index contributed by atoms with van der Waals surface area (Å²) in [6, 6.07) is 0. The highest BCUT2D eigenvalue weighted by atomic mass is 32.1. The van der Waals surface area contributed by atoms with Gasteiger partial charge in [0, 0.05) is 0 Å². The van der Waals surface area contributed by atoms with Crippen LogP contribution in [0.1, 0.15) is 19.8 Å². The predicted octanol–water partition coefficient (Wildman–Crippen LogP) is 1.94. The average molecular weight is 228 g/mol. The lowest BCUT2D eigenvalue weighted by molar-refractivity contribution is -0.145. The van der Waals surface area contributed by atoms with Crippen LogP contribution in [-0.2, 0) is 0 Å². The van der Waals surface area contributed by atoms with Gasteiger partial charge in [-0.3, -0.25) is 4.90 Å². The highest BCUT2D eigenvalue weighted by Crippen LogP contribution is 2.16. The lowest BCUT2D eigenvalue weighted by atomic mass is 10.3. The van der Waals surface area contributed by atoms with E-state index in [1.54, 1.807) is 6.92 Å². The third kappa shape index (κ3) is 8.25. The third-order valence-corrected chi connectivity index (χ3v) is 1.95. The molecule has 0 aliphatic rings. The van der Waals surface area contributed by atoms with Crippen molar-refractivity contribution in [1.29, 1.82) is 0 Å². The molecule has 0 heterocycles. The minimum absolute atomic E-state index is 0.355. The van der Waals surface area contributed by atoms with E-state index in [-0.39, 0.29) is 0 Å². The molecule has 0 aromatic rings. The number of hydrogen-bond donors (Lipinski definition) is 1. The van der Waals surface area contributed by atoms with Crippen molar-refractivity contribution < 1.29 is 13.2 Å². The molecular weight excluding hydrogens is 213 g/mol. The van der Waals surface area contributed by atoms with Gasteiger partial charge in [0.1, 0.15) is 0 Å². The molecule has 0 fully saturated rings. The number of thiocarbonyl (C=S) groups is 1. The summed E-state index contributed by atoms with van der Waals surface area (Å²) in [4.78, 5) is 1.69. The number of hydrogen-bond acceptors (Lipinski definition) is 2. The lowest BCUT2D eigenvalue weighted by Crippen LogP contribution is -2.35. The molecule has 0 aromatic heterocycles. The van der Waals surface area contributed by atoms with Crippen LogP contribution in [0.15, 0.2) is 0 Å². The second kappa shape index (κ2) is 6.19. The molecule has 2 nitrogen and oxygen atoms in total. The first kappa shape index (κ1) is 13.6. The van der Waals surface area contributed by atoms with Gasteiger partial charge in [0.2, 0.25) is 0 Å². The summed E-state index contributed by atoms with van der Waals surface area (Å²) in [6.07, 6.45) is -3.04. The third-order valence-electron chi connectivity index (χ3n) is 1.75. The van der Waals surface area contributed by atoms with Gasteiger partial charge in [0.25, 0.3) is 0 Å². The van der Waals surface area contributed by atoms with E-state index in [1.165, 1.54) is 4.90 Å². The molecule has 14 heavy (non-hydrogen) atoms. The van der Waals surface area contributed by atoms with Crippen LogP contribution in [0.2, 0.25) is 0 Å². The van der Waals surface area contributed by atoms with Gasteiger partial charge in [-0.1, -0.05) is 19.1 Å². The van der Waals surface area contributed by atoms with Gasteiger partial charge in [-0.2, -0.15) is 13.2 Å². The molecule has 0 bridgehead atoms. The summed E-state index contributed by atoms with van der Waals surface area (Å²) in [6.45, 7) is 1.61. The molecule has 84 valence electrons. The quantitative estimate of drug-likeness (QED) is 0.704. The molecule has 0 aliphatic heterocycles. The van der Waals surface area contributed by atoms with Crippen molar-refractivity contribution >= 4 is 17.2 Å². The van der Waals surface area contributed by atoms with E-state index in [2.05, 4.69) is 12.2 Å². The number of nitrogens with two attached hydrogens (primary N) is 1. The normalized spacial score (nSPS) is 12.1. The molecule has 0 aromatic carbocycles. The highest BCUT2D eigenvalue weighted by molar-refractivity contribution is 7.80. The molecule has 6 heteroatoms. The highest BCUT2D eigenvalue weighted by Gasteiger charge is 2.29. The fourth-order valence-electron chi connectivity index (χ4n) is 1.08. The number of halogens is 3. The monoisotopic (exact) mass is 228 g/mol. The van der Waals surface area contributed by atoms with E-state index >= 15 is 0 Å². The van der Waals surface area contributed by atoms with Crippen molar-refractivity contribution in [3.8, 4) is 0 Å². The Labute approximate surface area is 87.2 Å². The summed E-state index contributed by atoms with van der Waals surface area (Å²) >= 11 is 4.63. The Morgan fingerprint density at radius 2 is 2.00 bits per heavy atom. The van der Waals surface area contributed by atoms with Gasteiger partial charge in [-0.25, -0.2) is 0 Å². The summed E-state index contributed by atoms with van der Waals surface area (Å²) in [5.74, 6) is 0. The van der Waals surface area contributed by atoms with E-state index in [1.807, 2.05) is 0 Å². The van der Waals surface area contributed by atoms with Crippen LogP contribution in [-0.4, -0.2) is 35.7 Å². The Hall–Kier alpha value is -0.360. The summed E-state index contributed by atoms with van der Waals surface area (Å²) < 4.78 is 36.0. The maximum absolute atomic E-state index is 12.0. The lowest BCUT2D eigenvalue weighted by Gasteiger charge is -2.21. The molecule has 0 saturated heterocycles.